The molecule has 4 fully saturated rings. The van der Waals surface area contributed by atoms with E-state index in [1.165, 1.54) is 38.5 Å². The molecule has 1 atom stereocenters. The third-order valence-electron chi connectivity index (χ3n) is 7.78. The van der Waals surface area contributed by atoms with Gasteiger partial charge in [-0.1, -0.05) is 12.1 Å². The lowest BCUT2D eigenvalue weighted by atomic mass is 9.49. The minimum atomic E-state index is -0.301. The van der Waals surface area contributed by atoms with Crippen LogP contribution in [-0.2, 0) is 9.59 Å². The molecule has 0 aliphatic heterocycles. The van der Waals surface area contributed by atoms with Crippen LogP contribution < -0.4 is 15.4 Å². The molecule has 2 aromatic rings. The number of rotatable bonds is 8. The lowest BCUT2D eigenvalue weighted by Crippen LogP contribution is -2.48. The van der Waals surface area contributed by atoms with Crippen LogP contribution in [0, 0.1) is 23.2 Å². The minimum Gasteiger partial charge on any atom is -0.490 e. The van der Waals surface area contributed by atoms with E-state index in [1.54, 1.807) is 0 Å². The molecule has 0 radical (unpaired) electrons. The molecule has 6 rings (SSSR count). The van der Waals surface area contributed by atoms with Crippen LogP contribution in [0.3, 0.4) is 0 Å². The molecule has 172 valence electrons. The number of hydrogen-bond donors (Lipinski definition) is 2. The molecule has 1 aromatic heterocycles. The van der Waals surface area contributed by atoms with Crippen molar-refractivity contribution in [2.45, 2.75) is 64.8 Å². The molecule has 2 N–H and O–H groups in total. The number of nitrogens with one attached hydrogen (secondary N) is 2. The summed E-state index contributed by atoms with van der Waals surface area (Å²) in [6, 6.07) is 7.39. The van der Waals surface area contributed by atoms with Gasteiger partial charge < -0.3 is 19.8 Å². The predicted molar refractivity (Wildman–Crippen MR) is 122 cm³/mol. The smallest absolute Gasteiger partial charge is 0.239 e. The lowest BCUT2D eigenvalue weighted by Gasteiger charge is -2.56. The third-order valence-corrected chi connectivity index (χ3v) is 7.78. The molecule has 0 spiro atoms. The maximum absolute atomic E-state index is 12.7. The molecule has 4 aliphatic rings. The zero-order chi connectivity index (χ0) is 22.3. The highest BCUT2D eigenvalue weighted by molar-refractivity contribution is 5.86. The zero-order valence-electron chi connectivity index (χ0n) is 19.1. The van der Waals surface area contributed by atoms with Gasteiger partial charge in [0.05, 0.1) is 19.2 Å². The van der Waals surface area contributed by atoms with Gasteiger partial charge in [0.25, 0.3) is 0 Å². The van der Waals surface area contributed by atoms with Crippen molar-refractivity contribution >= 4 is 22.8 Å². The van der Waals surface area contributed by atoms with Crippen molar-refractivity contribution in [2.24, 2.45) is 23.2 Å². The Morgan fingerprint density at radius 3 is 2.47 bits per heavy atom. The average Bonchev–Trinajstić information content (AvgIpc) is 3.17. The highest BCUT2D eigenvalue weighted by Crippen LogP contribution is 2.61. The second kappa shape index (κ2) is 8.45. The van der Waals surface area contributed by atoms with Gasteiger partial charge in [-0.15, -0.1) is 0 Å². The van der Waals surface area contributed by atoms with E-state index in [0.717, 1.165) is 23.1 Å². The Bertz CT molecular complexity index is 975. The molecular formula is C26H34N2O4. The standard InChI is InChI=1S/C26H34N2O4/c1-3-31-21-6-4-5-20-10-22(32-25(20)21)16(2)28-24(30)15-27-23(29)14-26-11-17-7-18(12-26)9-19(8-17)13-26/h4-6,10,16-19H,3,7-9,11-15H2,1-2H3,(H,27,29)(H,28,30)/t16-,17?,18?,19?,26?/m1/s1. The van der Waals surface area contributed by atoms with Gasteiger partial charge in [0.2, 0.25) is 11.8 Å². The van der Waals surface area contributed by atoms with E-state index in [9.17, 15) is 9.59 Å². The van der Waals surface area contributed by atoms with Crippen molar-refractivity contribution in [3.8, 4) is 5.75 Å². The van der Waals surface area contributed by atoms with Gasteiger partial charge in [0.15, 0.2) is 11.3 Å². The summed E-state index contributed by atoms with van der Waals surface area (Å²) in [4.78, 5) is 25.2. The van der Waals surface area contributed by atoms with Crippen molar-refractivity contribution in [3.63, 3.8) is 0 Å². The molecule has 4 aliphatic carbocycles. The number of para-hydroxylation sites is 1. The van der Waals surface area contributed by atoms with E-state index in [4.69, 9.17) is 9.15 Å². The fourth-order valence-electron chi connectivity index (χ4n) is 6.99. The second-order valence-corrected chi connectivity index (χ2v) is 10.4. The highest BCUT2D eigenvalue weighted by atomic mass is 16.5. The average molecular weight is 439 g/mol. The van der Waals surface area contributed by atoms with Crippen LogP contribution in [0.2, 0.25) is 0 Å². The molecule has 6 heteroatoms. The summed E-state index contributed by atoms with van der Waals surface area (Å²) >= 11 is 0. The number of fused-ring (bicyclic) bond motifs is 1. The molecule has 1 heterocycles. The predicted octanol–water partition coefficient (Wildman–Crippen LogP) is 4.73. The van der Waals surface area contributed by atoms with Crippen molar-refractivity contribution in [1.82, 2.24) is 10.6 Å². The summed E-state index contributed by atoms with van der Waals surface area (Å²) < 4.78 is 11.6. The van der Waals surface area contributed by atoms with Crippen molar-refractivity contribution < 1.29 is 18.7 Å². The Morgan fingerprint density at radius 1 is 1.12 bits per heavy atom. The van der Waals surface area contributed by atoms with Gasteiger partial charge in [-0.05, 0) is 87.7 Å². The van der Waals surface area contributed by atoms with Crippen molar-refractivity contribution in [2.75, 3.05) is 13.2 Å². The van der Waals surface area contributed by atoms with E-state index in [-0.39, 0.29) is 29.8 Å². The first-order chi connectivity index (χ1) is 15.4. The van der Waals surface area contributed by atoms with Crippen molar-refractivity contribution in [1.29, 1.82) is 0 Å². The van der Waals surface area contributed by atoms with Gasteiger partial charge in [0.1, 0.15) is 5.76 Å². The van der Waals surface area contributed by atoms with Crippen LogP contribution in [0.25, 0.3) is 11.0 Å². The fourth-order valence-corrected chi connectivity index (χ4v) is 6.99. The Hall–Kier alpha value is -2.50. The summed E-state index contributed by atoms with van der Waals surface area (Å²) in [7, 11) is 0. The first-order valence-corrected chi connectivity index (χ1v) is 12.1. The molecule has 0 unspecified atom stereocenters. The SMILES string of the molecule is CCOc1cccc2cc([C@@H](C)NC(=O)CNC(=O)CC34CC5CC(CC(C5)C3)C4)oc12. The second-order valence-electron chi connectivity index (χ2n) is 10.4. The molecule has 0 saturated heterocycles. The van der Waals surface area contributed by atoms with Gasteiger partial charge >= 0.3 is 0 Å². The summed E-state index contributed by atoms with van der Waals surface area (Å²) in [6.45, 7) is 4.38. The van der Waals surface area contributed by atoms with Crippen molar-refractivity contribution in [3.05, 3.63) is 30.0 Å². The van der Waals surface area contributed by atoms with Gasteiger partial charge in [0, 0.05) is 11.8 Å². The Labute approximate surface area is 189 Å². The van der Waals surface area contributed by atoms with Crippen LogP contribution in [0.15, 0.2) is 28.7 Å². The Kier molecular flexibility index (Phi) is 5.64. The first kappa shape index (κ1) is 21.4. The van der Waals surface area contributed by atoms with Gasteiger partial charge in [-0.25, -0.2) is 0 Å². The molecule has 4 saturated carbocycles. The van der Waals surface area contributed by atoms with E-state index in [0.29, 0.717) is 30.1 Å². The van der Waals surface area contributed by atoms with E-state index in [2.05, 4.69) is 10.6 Å². The highest BCUT2D eigenvalue weighted by Gasteiger charge is 2.51. The molecular weight excluding hydrogens is 404 g/mol. The normalized spacial score (nSPS) is 29.1. The number of furan rings is 1. The monoisotopic (exact) mass is 438 g/mol. The van der Waals surface area contributed by atoms with E-state index in [1.807, 2.05) is 38.1 Å². The van der Waals surface area contributed by atoms with Crippen LogP contribution in [0.1, 0.15) is 70.6 Å². The lowest BCUT2D eigenvalue weighted by molar-refractivity contribution is -0.132. The zero-order valence-corrected chi connectivity index (χ0v) is 19.1. The number of hydrogen-bond acceptors (Lipinski definition) is 4. The van der Waals surface area contributed by atoms with Crippen LogP contribution in [0.4, 0.5) is 0 Å². The molecule has 2 amide bonds. The number of ether oxygens (including phenoxy) is 1. The summed E-state index contributed by atoms with van der Waals surface area (Å²) in [5.41, 5.74) is 0.879. The molecule has 6 nitrogen and oxygen atoms in total. The maximum Gasteiger partial charge on any atom is 0.239 e. The third kappa shape index (κ3) is 4.24. The van der Waals surface area contributed by atoms with Crippen LogP contribution >= 0.6 is 0 Å². The largest absolute Gasteiger partial charge is 0.490 e. The fraction of sp³-hybridized carbons (Fsp3) is 0.615. The Balaban J connectivity index is 1.14. The number of benzene rings is 1. The van der Waals surface area contributed by atoms with Gasteiger partial charge in [-0.2, -0.15) is 0 Å². The number of carbonyl (C=O) groups excluding carboxylic acids is 2. The molecule has 4 bridgehead atoms. The Morgan fingerprint density at radius 2 is 1.81 bits per heavy atom. The topological polar surface area (TPSA) is 80.6 Å². The maximum atomic E-state index is 12.7. The van der Waals surface area contributed by atoms with Crippen LogP contribution in [0.5, 0.6) is 5.75 Å². The van der Waals surface area contributed by atoms with E-state index < -0.39 is 0 Å². The summed E-state index contributed by atoms with van der Waals surface area (Å²) in [6.07, 6.45) is 8.28. The molecule has 1 aromatic carbocycles. The first-order valence-electron chi connectivity index (χ1n) is 12.1. The van der Waals surface area contributed by atoms with Crippen LogP contribution in [-0.4, -0.2) is 25.0 Å². The number of amides is 2. The van der Waals surface area contributed by atoms with E-state index >= 15 is 0 Å². The molecule has 32 heavy (non-hydrogen) atoms. The summed E-state index contributed by atoms with van der Waals surface area (Å²) in [5.74, 6) is 3.65. The number of carbonyl (C=O) groups is 2. The summed E-state index contributed by atoms with van der Waals surface area (Å²) in [5, 5.41) is 6.74. The van der Waals surface area contributed by atoms with Gasteiger partial charge in [-0.3, -0.25) is 9.59 Å². The minimum absolute atomic E-state index is 0.0000364. The quantitative estimate of drug-likeness (QED) is 0.624.